The van der Waals surface area contributed by atoms with Gasteiger partial charge in [0.15, 0.2) is 0 Å². The molecule has 1 aromatic carbocycles. The fourth-order valence-electron chi connectivity index (χ4n) is 2.34. The number of alkyl halides is 1. The Morgan fingerprint density at radius 2 is 2.21 bits per heavy atom. The van der Waals surface area contributed by atoms with Gasteiger partial charge in [-0.15, -0.1) is 11.6 Å². The molecule has 0 aliphatic carbocycles. The fourth-order valence-corrected chi connectivity index (χ4v) is 2.53. The molecule has 1 aromatic rings. The van der Waals surface area contributed by atoms with Crippen LogP contribution in [0.4, 0.5) is 0 Å². The van der Waals surface area contributed by atoms with E-state index in [1.165, 1.54) is 5.56 Å². The van der Waals surface area contributed by atoms with E-state index < -0.39 is 0 Å². The molecule has 0 saturated carbocycles. The third-order valence-corrected chi connectivity index (χ3v) is 3.69. The van der Waals surface area contributed by atoms with Gasteiger partial charge in [0.05, 0.1) is 12.5 Å². The number of amides is 1. The number of ether oxygens (including phenoxy) is 1. The van der Waals surface area contributed by atoms with E-state index in [-0.39, 0.29) is 18.1 Å². The van der Waals surface area contributed by atoms with Crippen molar-refractivity contribution in [2.75, 3.05) is 12.5 Å². The standard InChI is InChI=1S/C15H20ClNO2/c16-11-13(9-12-5-2-1-3-6-12)17-15(18)10-14-7-4-8-19-14/h1-3,5-6,13-14H,4,7-11H2,(H,17,18). The summed E-state index contributed by atoms with van der Waals surface area (Å²) in [5, 5.41) is 2.99. The van der Waals surface area contributed by atoms with Crippen molar-refractivity contribution in [1.29, 1.82) is 0 Å². The minimum atomic E-state index is -0.0158. The lowest BCUT2D eigenvalue weighted by atomic mass is 10.1. The molecule has 1 amide bonds. The molecular weight excluding hydrogens is 262 g/mol. The van der Waals surface area contributed by atoms with Gasteiger partial charge in [-0.3, -0.25) is 4.79 Å². The van der Waals surface area contributed by atoms with Crippen molar-refractivity contribution in [2.45, 2.75) is 37.8 Å². The lowest BCUT2D eigenvalue weighted by molar-refractivity contribution is -0.123. The molecule has 1 aliphatic heterocycles. The van der Waals surface area contributed by atoms with Crippen molar-refractivity contribution in [3.05, 3.63) is 35.9 Å². The second-order valence-corrected chi connectivity index (χ2v) is 5.26. The summed E-state index contributed by atoms with van der Waals surface area (Å²) in [6, 6.07) is 10.1. The molecule has 0 spiro atoms. The summed E-state index contributed by atoms with van der Waals surface area (Å²) in [6.07, 6.45) is 3.34. The van der Waals surface area contributed by atoms with E-state index in [2.05, 4.69) is 5.32 Å². The second kappa shape index (κ2) is 7.51. The maximum atomic E-state index is 11.9. The number of benzene rings is 1. The lowest BCUT2D eigenvalue weighted by Gasteiger charge is -2.17. The van der Waals surface area contributed by atoms with E-state index in [0.29, 0.717) is 12.3 Å². The van der Waals surface area contributed by atoms with Crippen LogP contribution in [0.15, 0.2) is 30.3 Å². The number of hydrogen-bond acceptors (Lipinski definition) is 2. The molecule has 104 valence electrons. The van der Waals surface area contributed by atoms with Crippen molar-refractivity contribution in [2.24, 2.45) is 0 Å². The van der Waals surface area contributed by atoms with Crippen LogP contribution >= 0.6 is 11.6 Å². The topological polar surface area (TPSA) is 38.3 Å². The number of hydrogen-bond donors (Lipinski definition) is 1. The van der Waals surface area contributed by atoms with Crippen molar-refractivity contribution >= 4 is 17.5 Å². The molecule has 0 radical (unpaired) electrons. The van der Waals surface area contributed by atoms with Crippen LogP contribution in [-0.2, 0) is 16.0 Å². The summed E-state index contributed by atoms with van der Waals surface area (Å²) >= 11 is 5.93. The number of carbonyl (C=O) groups is 1. The van der Waals surface area contributed by atoms with Crippen molar-refractivity contribution in [3.63, 3.8) is 0 Å². The molecule has 2 unspecified atom stereocenters. The molecule has 0 aromatic heterocycles. The second-order valence-electron chi connectivity index (χ2n) is 4.95. The van der Waals surface area contributed by atoms with Crippen LogP contribution in [0.1, 0.15) is 24.8 Å². The zero-order valence-corrected chi connectivity index (χ0v) is 11.7. The van der Waals surface area contributed by atoms with Gasteiger partial charge in [0.2, 0.25) is 5.91 Å². The highest BCUT2D eigenvalue weighted by Gasteiger charge is 2.20. The summed E-state index contributed by atoms with van der Waals surface area (Å²) in [5.41, 5.74) is 1.19. The molecule has 1 fully saturated rings. The Hall–Kier alpha value is -1.06. The van der Waals surface area contributed by atoms with Gasteiger partial charge in [-0.2, -0.15) is 0 Å². The van der Waals surface area contributed by atoms with Gasteiger partial charge >= 0.3 is 0 Å². The average Bonchev–Trinajstić information content (AvgIpc) is 2.92. The zero-order chi connectivity index (χ0) is 13.5. The van der Waals surface area contributed by atoms with Crippen LogP contribution in [-0.4, -0.2) is 30.5 Å². The zero-order valence-electron chi connectivity index (χ0n) is 11.0. The van der Waals surface area contributed by atoms with Gasteiger partial charge in [-0.05, 0) is 24.8 Å². The van der Waals surface area contributed by atoms with Gasteiger partial charge in [-0.25, -0.2) is 0 Å². The molecule has 4 heteroatoms. The van der Waals surface area contributed by atoms with Crippen molar-refractivity contribution in [1.82, 2.24) is 5.32 Å². The predicted molar refractivity (Wildman–Crippen MR) is 76.4 cm³/mol. The van der Waals surface area contributed by atoms with Crippen molar-refractivity contribution in [3.8, 4) is 0 Å². The van der Waals surface area contributed by atoms with E-state index >= 15 is 0 Å². The van der Waals surface area contributed by atoms with Crippen LogP contribution in [0.5, 0.6) is 0 Å². The Morgan fingerprint density at radius 3 is 2.84 bits per heavy atom. The minimum Gasteiger partial charge on any atom is -0.378 e. The monoisotopic (exact) mass is 281 g/mol. The highest BCUT2D eigenvalue weighted by atomic mass is 35.5. The molecule has 1 saturated heterocycles. The quantitative estimate of drug-likeness (QED) is 0.814. The first-order valence-electron chi connectivity index (χ1n) is 6.79. The Balaban J connectivity index is 1.79. The summed E-state index contributed by atoms with van der Waals surface area (Å²) in [6.45, 7) is 0.779. The van der Waals surface area contributed by atoms with Crippen LogP contribution in [0.2, 0.25) is 0 Å². The maximum Gasteiger partial charge on any atom is 0.222 e. The summed E-state index contributed by atoms with van der Waals surface area (Å²) < 4.78 is 5.46. The Bertz CT molecular complexity index is 390. The SMILES string of the molecule is O=C(CC1CCCO1)NC(CCl)Cc1ccccc1. The van der Waals surface area contributed by atoms with Gasteiger partial charge in [0.25, 0.3) is 0 Å². The first-order chi connectivity index (χ1) is 9.28. The van der Waals surface area contributed by atoms with Gasteiger partial charge in [-0.1, -0.05) is 30.3 Å². The molecule has 2 rings (SSSR count). The molecule has 19 heavy (non-hydrogen) atoms. The van der Waals surface area contributed by atoms with E-state index in [1.54, 1.807) is 0 Å². The van der Waals surface area contributed by atoms with Crippen LogP contribution < -0.4 is 5.32 Å². The van der Waals surface area contributed by atoms with Crippen LogP contribution in [0.25, 0.3) is 0 Å². The summed E-state index contributed by atoms with van der Waals surface area (Å²) in [7, 11) is 0. The molecule has 1 N–H and O–H groups in total. The Labute approximate surface area is 119 Å². The van der Waals surface area contributed by atoms with E-state index in [1.807, 2.05) is 30.3 Å². The van der Waals surface area contributed by atoms with E-state index in [9.17, 15) is 4.79 Å². The molecular formula is C15H20ClNO2. The first-order valence-corrected chi connectivity index (χ1v) is 7.32. The molecule has 2 atom stereocenters. The first kappa shape index (κ1) is 14.4. The number of carbonyl (C=O) groups excluding carboxylic acids is 1. The van der Waals surface area contributed by atoms with Gasteiger partial charge in [0.1, 0.15) is 0 Å². The summed E-state index contributed by atoms with van der Waals surface area (Å²) in [5.74, 6) is 0.458. The Kier molecular flexibility index (Phi) is 5.67. The Morgan fingerprint density at radius 1 is 1.42 bits per heavy atom. The molecule has 3 nitrogen and oxygen atoms in total. The lowest BCUT2D eigenvalue weighted by Crippen LogP contribution is -2.39. The molecule has 1 aliphatic rings. The highest BCUT2D eigenvalue weighted by molar-refractivity contribution is 6.18. The number of halogens is 1. The fraction of sp³-hybridized carbons (Fsp3) is 0.533. The highest BCUT2D eigenvalue weighted by Crippen LogP contribution is 2.15. The number of rotatable bonds is 6. The maximum absolute atomic E-state index is 11.9. The smallest absolute Gasteiger partial charge is 0.222 e. The van der Waals surface area contributed by atoms with E-state index in [0.717, 1.165) is 25.9 Å². The summed E-state index contributed by atoms with van der Waals surface area (Å²) in [4.78, 5) is 11.9. The average molecular weight is 282 g/mol. The number of nitrogens with one attached hydrogen (secondary N) is 1. The van der Waals surface area contributed by atoms with Crippen LogP contribution in [0, 0.1) is 0 Å². The normalized spacial score (nSPS) is 20.2. The third-order valence-electron chi connectivity index (χ3n) is 3.31. The molecule has 0 bridgehead atoms. The van der Waals surface area contributed by atoms with E-state index in [4.69, 9.17) is 16.3 Å². The van der Waals surface area contributed by atoms with Crippen molar-refractivity contribution < 1.29 is 9.53 Å². The van der Waals surface area contributed by atoms with Crippen LogP contribution in [0.3, 0.4) is 0 Å². The van der Waals surface area contributed by atoms with Gasteiger partial charge < -0.3 is 10.1 Å². The minimum absolute atomic E-state index is 0.0158. The molecule has 1 heterocycles. The van der Waals surface area contributed by atoms with Gasteiger partial charge in [0, 0.05) is 18.5 Å². The third kappa shape index (κ3) is 4.84. The largest absolute Gasteiger partial charge is 0.378 e. The predicted octanol–water partition coefficient (Wildman–Crippen LogP) is 2.52.